The van der Waals surface area contributed by atoms with Crippen molar-refractivity contribution in [2.24, 2.45) is 0 Å². The third-order valence-electron chi connectivity index (χ3n) is 4.99. The molecule has 1 saturated heterocycles. The number of benzene rings is 3. The number of carbonyl (C=O) groups excluding carboxylic acids is 2. The van der Waals surface area contributed by atoms with Crippen molar-refractivity contribution in [3.05, 3.63) is 111 Å². The Morgan fingerprint density at radius 2 is 1.65 bits per heavy atom. The van der Waals surface area contributed by atoms with Crippen molar-refractivity contribution >= 4 is 40.4 Å². The van der Waals surface area contributed by atoms with Gasteiger partial charge in [-0.25, -0.2) is 0 Å². The van der Waals surface area contributed by atoms with Crippen LogP contribution >= 0.6 is 11.6 Å². The molecule has 0 aliphatic carbocycles. The van der Waals surface area contributed by atoms with Gasteiger partial charge in [0.05, 0.1) is 16.5 Å². The Bertz CT molecular complexity index is 1220. The molecule has 0 spiro atoms. The fourth-order valence-electron chi connectivity index (χ4n) is 3.57. The van der Waals surface area contributed by atoms with Crippen LogP contribution < -0.4 is 4.90 Å². The van der Waals surface area contributed by atoms with Crippen LogP contribution in [0.3, 0.4) is 0 Å². The average molecular weight is 435 g/mol. The van der Waals surface area contributed by atoms with Crippen molar-refractivity contribution in [3.63, 3.8) is 0 Å². The molecule has 0 aromatic heterocycles. The van der Waals surface area contributed by atoms with Crippen LogP contribution in [0, 0.1) is 10.1 Å². The Labute approximate surface area is 182 Å². The van der Waals surface area contributed by atoms with Gasteiger partial charge in [-0.05, 0) is 42.0 Å². The Balaban J connectivity index is 1.96. The lowest BCUT2D eigenvalue weighted by molar-refractivity contribution is -0.384. The molecule has 1 amide bonds. The number of non-ortho nitro benzene ring substituents is 1. The number of anilines is 1. The molecule has 7 nitrogen and oxygen atoms in total. The number of para-hydroxylation sites is 1. The summed E-state index contributed by atoms with van der Waals surface area (Å²) >= 11 is 5.91. The van der Waals surface area contributed by atoms with E-state index < -0.39 is 22.7 Å². The number of ketones is 1. The van der Waals surface area contributed by atoms with Gasteiger partial charge in [0.25, 0.3) is 17.4 Å². The van der Waals surface area contributed by atoms with E-state index in [1.807, 2.05) is 0 Å². The van der Waals surface area contributed by atoms with E-state index in [4.69, 9.17) is 11.6 Å². The lowest BCUT2D eigenvalue weighted by Gasteiger charge is -2.25. The molecule has 1 aliphatic heterocycles. The third-order valence-corrected chi connectivity index (χ3v) is 5.25. The normalized spacial score (nSPS) is 17.7. The number of rotatable bonds is 4. The first-order chi connectivity index (χ1) is 14.9. The molecular weight excluding hydrogens is 420 g/mol. The molecule has 4 rings (SSSR count). The zero-order valence-corrected chi connectivity index (χ0v) is 16.7. The number of Topliss-reactive ketones (excluding diaryl/α,β-unsaturated/α-hetero) is 1. The Morgan fingerprint density at radius 3 is 2.29 bits per heavy atom. The maximum absolute atomic E-state index is 13.0. The summed E-state index contributed by atoms with van der Waals surface area (Å²) in [5.74, 6) is -2.10. The van der Waals surface area contributed by atoms with Crippen LogP contribution in [0.2, 0.25) is 5.02 Å². The molecule has 0 saturated carbocycles. The molecule has 3 aromatic carbocycles. The van der Waals surface area contributed by atoms with E-state index in [0.717, 1.165) is 0 Å². The van der Waals surface area contributed by atoms with Crippen LogP contribution in [0.25, 0.3) is 5.76 Å². The molecule has 154 valence electrons. The van der Waals surface area contributed by atoms with Crippen molar-refractivity contribution in [2.75, 3.05) is 4.90 Å². The zero-order valence-electron chi connectivity index (χ0n) is 15.9. The van der Waals surface area contributed by atoms with Gasteiger partial charge < -0.3 is 5.11 Å². The molecule has 0 unspecified atom stereocenters. The van der Waals surface area contributed by atoms with Crippen molar-refractivity contribution in [1.82, 2.24) is 0 Å². The summed E-state index contributed by atoms with van der Waals surface area (Å²) in [6.45, 7) is 0. The highest BCUT2D eigenvalue weighted by molar-refractivity contribution is 6.51. The summed E-state index contributed by atoms with van der Waals surface area (Å²) in [6.07, 6.45) is 0. The molecule has 1 heterocycles. The van der Waals surface area contributed by atoms with Crippen LogP contribution in [0.4, 0.5) is 11.4 Å². The lowest BCUT2D eigenvalue weighted by atomic mass is 9.95. The summed E-state index contributed by atoms with van der Waals surface area (Å²) in [6, 6.07) is 19.2. The second-order valence-corrected chi connectivity index (χ2v) is 7.30. The Kier molecular flexibility index (Phi) is 5.27. The van der Waals surface area contributed by atoms with E-state index in [9.17, 15) is 24.8 Å². The molecule has 31 heavy (non-hydrogen) atoms. The summed E-state index contributed by atoms with van der Waals surface area (Å²) < 4.78 is 0. The number of nitro benzene ring substituents is 1. The van der Waals surface area contributed by atoms with Crippen LogP contribution in [0.1, 0.15) is 17.2 Å². The van der Waals surface area contributed by atoms with E-state index in [-0.39, 0.29) is 17.0 Å². The molecule has 8 heteroatoms. The molecule has 0 radical (unpaired) electrons. The van der Waals surface area contributed by atoms with Crippen LogP contribution in [0.5, 0.6) is 0 Å². The van der Waals surface area contributed by atoms with Gasteiger partial charge in [-0.15, -0.1) is 0 Å². The van der Waals surface area contributed by atoms with Gasteiger partial charge in [-0.3, -0.25) is 24.6 Å². The predicted molar refractivity (Wildman–Crippen MR) is 116 cm³/mol. The monoisotopic (exact) mass is 434 g/mol. The number of nitro groups is 1. The number of aliphatic hydroxyl groups is 1. The SMILES string of the molecule is O=C1C(=O)N(c2ccccc2)[C@@H](c2cccc([N+](=O)[O-])c2)/C1=C(\O)c1ccc(Cl)cc1. The van der Waals surface area contributed by atoms with Crippen molar-refractivity contribution in [1.29, 1.82) is 0 Å². The van der Waals surface area contributed by atoms with Crippen molar-refractivity contribution < 1.29 is 19.6 Å². The maximum atomic E-state index is 13.0. The average Bonchev–Trinajstić information content (AvgIpc) is 3.05. The summed E-state index contributed by atoms with van der Waals surface area (Å²) in [7, 11) is 0. The molecule has 1 aliphatic rings. The predicted octanol–water partition coefficient (Wildman–Crippen LogP) is 4.87. The Morgan fingerprint density at radius 1 is 0.968 bits per heavy atom. The van der Waals surface area contributed by atoms with Gasteiger partial charge in [0, 0.05) is 28.4 Å². The number of carbonyl (C=O) groups is 2. The lowest BCUT2D eigenvalue weighted by Crippen LogP contribution is -2.29. The van der Waals surface area contributed by atoms with Gasteiger partial charge in [-0.1, -0.05) is 41.9 Å². The molecule has 1 fully saturated rings. The maximum Gasteiger partial charge on any atom is 0.300 e. The quantitative estimate of drug-likeness (QED) is 0.207. The van der Waals surface area contributed by atoms with E-state index in [1.165, 1.54) is 35.2 Å². The Hall–Kier alpha value is -3.97. The van der Waals surface area contributed by atoms with Crippen LogP contribution in [-0.4, -0.2) is 21.7 Å². The minimum Gasteiger partial charge on any atom is -0.507 e. The van der Waals surface area contributed by atoms with Crippen LogP contribution in [-0.2, 0) is 9.59 Å². The summed E-state index contributed by atoms with van der Waals surface area (Å²) in [4.78, 5) is 38.0. The molecule has 0 bridgehead atoms. The first-order valence-corrected chi connectivity index (χ1v) is 9.62. The highest BCUT2D eigenvalue weighted by Gasteiger charge is 2.47. The number of amides is 1. The van der Waals surface area contributed by atoms with E-state index in [2.05, 4.69) is 0 Å². The molecular formula is C23H15ClN2O5. The van der Waals surface area contributed by atoms with Gasteiger partial charge in [0.2, 0.25) is 0 Å². The van der Waals surface area contributed by atoms with Crippen molar-refractivity contribution in [2.45, 2.75) is 6.04 Å². The largest absolute Gasteiger partial charge is 0.507 e. The second-order valence-electron chi connectivity index (χ2n) is 6.86. The van der Waals surface area contributed by atoms with E-state index in [1.54, 1.807) is 48.5 Å². The highest BCUT2D eigenvalue weighted by Crippen LogP contribution is 2.42. The minimum atomic E-state index is -1.04. The number of hydrogen-bond acceptors (Lipinski definition) is 5. The molecule has 1 N–H and O–H groups in total. The zero-order chi connectivity index (χ0) is 22.1. The van der Waals surface area contributed by atoms with E-state index in [0.29, 0.717) is 21.8 Å². The van der Waals surface area contributed by atoms with Crippen molar-refractivity contribution in [3.8, 4) is 0 Å². The third kappa shape index (κ3) is 3.67. The summed E-state index contributed by atoms with van der Waals surface area (Å²) in [5, 5.41) is 22.7. The van der Waals surface area contributed by atoms with Gasteiger partial charge in [0.15, 0.2) is 0 Å². The second kappa shape index (κ2) is 8.04. The first-order valence-electron chi connectivity index (χ1n) is 9.25. The van der Waals surface area contributed by atoms with Crippen LogP contribution in [0.15, 0.2) is 84.4 Å². The van der Waals surface area contributed by atoms with E-state index >= 15 is 0 Å². The van der Waals surface area contributed by atoms with Gasteiger partial charge >= 0.3 is 0 Å². The molecule has 3 aromatic rings. The number of halogens is 1. The fourth-order valence-corrected chi connectivity index (χ4v) is 3.70. The number of nitrogens with zero attached hydrogens (tertiary/aromatic N) is 2. The standard InChI is InChI=1S/C23H15ClN2O5/c24-16-11-9-14(10-12-16)21(27)19-20(15-5-4-8-18(13-15)26(30)31)25(23(29)22(19)28)17-6-2-1-3-7-17/h1-13,20,27H/b21-19+/t20-/m0/s1. The molecule has 1 atom stereocenters. The van der Waals surface area contributed by atoms with Gasteiger partial charge in [0.1, 0.15) is 5.76 Å². The summed E-state index contributed by atoms with van der Waals surface area (Å²) in [5.41, 5.74) is 0.703. The first kappa shape index (κ1) is 20.3. The van der Waals surface area contributed by atoms with Gasteiger partial charge in [-0.2, -0.15) is 0 Å². The number of aliphatic hydroxyl groups excluding tert-OH is 1. The minimum absolute atomic E-state index is 0.156. The smallest absolute Gasteiger partial charge is 0.300 e. The fraction of sp³-hybridized carbons (Fsp3) is 0.0435. The number of hydrogen-bond donors (Lipinski definition) is 1. The topological polar surface area (TPSA) is 101 Å². The highest BCUT2D eigenvalue weighted by atomic mass is 35.5.